The third-order valence-electron chi connectivity index (χ3n) is 3.61. The van der Waals surface area contributed by atoms with Crippen LogP contribution in [-0.2, 0) is 10.0 Å². The van der Waals surface area contributed by atoms with E-state index >= 15 is 0 Å². The molecule has 0 N–H and O–H groups in total. The van der Waals surface area contributed by atoms with Gasteiger partial charge in [-0.3, -0.25) is 9.97 Å². The van der Waals surface area contributed by atoms with E-state index in [0.717, 1.165) is 29.1 Å². The summed E-state index contributed by atoms with van der Waals surface area (Å²) in [4.78, 5) is 13.9. The molecule has 0 unspecified atom stereocenters. The highest BCUT2D eigenvalue weighted by molar-refractivity contribution is 7.88. The molecule has 2 aromatic heterocycles. The standard InChI is InChI=1S/C13H16N4O2S2/c1-21(18,19)17-4-2-3-10(8-17)11-5-14-6-12(16-11)13-7-15-9-20-13/h5-7,9-10H,2-4,8H2,1H3/t10-/m0/s1. The smallest absolute Gasteiger partial charge is 0.211 e. The van der Waals surface area contributed by atoms with Crippen LogP contribution in [0.2, 0.25) is 0 Å². The lowest BCUT2D eigenvalue weighted by Crippen LogP contribution is -2.38. The molecule has 1 atom stereocenters. The van der Waals surface area contributed by atoms with Crippen molar-refractivity contribution >= 4 is 21.4 Å². The Morgan fingerprint density at radius 3 is 2.86 bits per heavy atom. The van der Waals surface area contributed by atoms with Crippen molar-refractivity contribution in [1.82, 2.24) is 19.3 Å². The SMILES string of the molecule is CS(=O)(=O)N1CCC[C@H](c2cncc(-c3cncs3)n2)C1. The van der Waals surface area contributed by atoms with Crippen molar-refractivity contribution in [2.45, 2.75) is 18.8 Å². The van der Waals surface area contributed by atoms with Crippen molar-refractivity contribution < 1.29 is 8.42 Å². The lowest BCUT2D eigenvalue weighted by atomic mass is 9.96. The Bertz CT molecular complexity index is 716. The van der Waals surface area contributed by atoms with Crippen LogP contribution in [0, 0.1) is 0 Å². The normalized spacial score (nSPS) is 20.5. The van der Waals surface area contributed by atoms with Crippen LogP contribution in [0.5, 0.6) is 0 Å². The Kier molecular flexibility index (Phi) is 4.01. The van der Waals surface area contributed by atoms with Gasteiger partial charge in [-0.15, -0.1) is 11.3 Å². The summed E-state index contributed by atoms with van der Waals surface area (Å²) in [7, 11) is -3.14. The topological polar surface area (TPSA) is 76.1 Å². The fourth-order valence-electron chi connectivity index (χ4n) is 2.52. The van der Waals surface area contributed by atoms with Crippen LogP contribution in [0.3, 0.4) is 0 Å². The van der Waals surface area contributed by atoms with Crippen LogP contribution < -0.4 is 0 Å². The number of hydrogen-bond acceptors (Lipinski definition) is 6. The summed E-state index contributed by atoms with van der Waals surface area (Å²) < 4.78 is 24.9. The van der Waals surface area contributed by atoms with Gasteiger partial charge in [0.2, 0.25) is 10.0 Å². The van der Waals surface area contributed by atoms with E-state index in [1.807, 2.05) is 0 Å². The van der Waals surface area contributed by atoms with E-state index < -0.39 is 10.0 Å². The second-order valence-electron chi connectivity index (χ2n) is 5.16. The third kappa shape index (κ3) is 3.28. The largest absolute Gasteiger partial charge is 0.261 e. The Balaban J connectivity index is 1.85. The van der Waals surface area contributed by atoms with Crippen LogP contribution in [-0.4, -0.2) is 47.0 Å². The molecule has 1 aliphatic rings. The van der Waals surface area contributed by atoms with Gasteiger partial charge >= 0.3 is 0 Å². The van der Waals surface area contributed by atoms with Gasteiger partial charge in [0.15, 0.2) is 0 Å². The number of piperidine rings is 1. The van der Waals surface area contributed by atoms with Crippen molar-refractivity contribution in [2.24, 2.45) is 0 Å². The molecule has 0 spiro atoms. The Labute approximate surface area is 127 Å². The van der Waals surface area contributed by atoms with E-state index in [-0.39, 0.29) is 5.92 Å². The fraction of sp³-hybridized carbons (Fsp3) is 0.462. The molecule has 1 aliphatic heterocycles. The number of nitrogens with zero attached hydrogens (tertiary/aromatic N) is 4. The molecule has 2 aromatic rings. The Hall–Kier alpha value is -1.38. The summed E-state index contributed by atoms with van der Waals surface area (Å²) in [6.45, 7) is 1.08. The summed E-state index contributed by atoms with van der Waals surface area (Å²) in [6.07, 6.45) is 8.27. The highest BCUT2D eigenvalue weighted by atomic mass is 32.2. The summed E-state index contributed by atoms with van der Waals surface area (Å²) in [5, 5.41) is 0. The molecule has 1 saturated heterocycles. The first-order chi connectivity index (χ1) is 10.0. The van der Waals surface area contributed by atoms with Crippen LogP contribution in [0.4, 0.5) is 0 Å². The maximum Gasteiger partial charge on any atom is 0.211 e. The quantitative estimate of drug-likeness (QED) is 0.859. The first-order valence-electron chi connectivity index (χ1n) is 6.70. The molecule has 3 heterocycles. The summed E-state index contributed by atoms with van der Waals surface area (Å²) in [5.41, 5.74) is 3.41. The lowest BCUT2D eigenvalue weighted by Gasteiger charge is -2.30. The van der Waals surface area contributed by atoms with Crippen LogP contribution in [0.25, 0.3) is 10.6 Å². The Morgan fingerprint density at radius 1 is 1.29 bits per heavy atom. The predicted octanol–water partition coefficient (Wildman–Crippen LogP) is 1.74. The van der Waals surface area contributed by atoms with Crippen molar-refractivity contribution in [3.63, 3.8) is 0 Å². The maximum atomic E-state index is 11.7. The van der Waals surface area contributed by atoms with Gasteiger partial charge in [-0.05, 0) is 12.8 Å². The van der Waals surface area contributed by atoms with E-state index in [1.54, 1.807) is 24.1 Å². The molecule has 1 fully saturated rings. The number of sulfonamides is 1. The molecule has 0 bridgehead atoms. The van der Waals surface area contributed by atoms with E-state index in [4.69, 9.17) is 0 Å². The summed E-state index contributed by atoms with van der Waals surface area (Å²) in [5.74, 6) is 0.105. The number of thiazole rings is 1. The first kappa shape index (κ1) is 14.6. The Morgan fingerprint density at radius 2 is 2.14 bits per heavy atom. The minimum Gasteiger partial charge on any atom is -0.261 e. The zero-order valence-electron chi connectivity index (χ0n) is 11.6. The molecule has 6 nitrogen and oxygen atoms in total. The molecule has 21 heavy (non-hydrogen) atoms. The summed E-state index contributed by atoms with van der Waals surface area (Å²) in [6, 6.07) is 0. The average molecular weight is 324 g/mol. The number of aromatic nitrogens is 3. The van der Waals surface area contributed by atoms with Gasteiger partial charge in [-0.2, -0.15) is 0 Å². The monoisotopic (exact) mass is 324 g/mol. The second-order valence-corrected chi connectivity index (χ2v) is 8.02. The van der Waals surface area contributed by atoms with Gasteiger partial charge in [0.05, 0.1) is 28.5 Å². The van der Waals surface area contributed by atoms with Crippen molar-refractivity contribution in [3.05, 3.63) is 29.8 Å². The number of rotatable bonds is 3. The molecular weight excluding hydrogens is 308 g/mol. The van der Waals surface area contributed by atoms with Crippen molar-refractivity contribution in [1.29, 1.82) is 0 Å². The highest BCUT2D eigenvalue weighted by Gasteiger charge is 2.27. The van der Waals surface area contributed by atoms with Gasteiger partial charge in [0.25, 0.3) is 0 Å². The summed E-state index contributed by atoms with van der Waals surface area (Å²) >= 11 is 1.52. The molecular formula is C13H16N4O2S2. The predicted molar refractivity (Wildman–Crippen MR) is 81.5 cm³/mol. The van der Waals surface area contributed by atoms with E-state index in [2.05, 4.69) is 15.0 Å². The molecule has 112 valence electrons. The minimum absolute atomic E-state index is 0.105. The zero-order valence-corrected chi connectivity index (χ0v) is 13.3. The fourth-order valence-corrected chi connectivity index (χ4v) is 4.01. The van der Waals surface area contributed by atoms with Crippen LogP contribution in [0.15, 0.2) is 24.1 Å². The molecule has 0 amide bonds. The lowest BCUT2D eigenvalue weighted by molar-refractivity contribution is 0.314. The van der Waals surface area contributed by atoms with Gasteiger partial charge in [-0.1, -0.05) is 0 Å². The molecule has 3 rings (SSSR count). The van der Waals surface area contributed by atoms with Crippen molar-refractivity contribution in [3.8, 4) is 10.6 Å². The molecule has 8 heteroatoms. The molecule has 0 aliphatic carbocycles. The first-order valence-corrected chi connectivity index (χ1v) is 9.43. The van der Waals surface area contributed by atoms with Gasteiger partial charge in [-0.25, -0.2) is 17.7 Å². The van der Waals surface area contributed by atoms with Gasteiger partial charge < -0.3 is 0 Å². The maximum absolute atomic E-state index is 11.7. The highest BCUT2D eigenvalue weighted by Crippen LogP contribution is 2.28. The average Bonchev–Trinajstić information content (AvgIpc) is 3.01. The van der Waals surface area contributed by atoms with Gasteiger partial charge in [0.1, 0.15) is 5.69 Å². The minimum atomic E-state index is -3.14. The van der Waals surface area contributed by atoms with E-state index in [9.17, 15) is 8.42 Å². The van der Waals surface area contributed by atoms with Crippen molar-refractivity contribution in [2.75, 3.05) is 19.3 Å². The van der Waals surface area contributed by atoms with Gasteiger partial charge in [0, 0.05) is 31.4 Å². The molecule has 0 aromatic carbocycles. The van der Waals surface area contributed by atoms with Crippen LogP contribution >= 0.6 is 11.3 Å². The number of hydrogen-bond donors (Lipinski definition) is 0. The molecule has 0 radical (unpaired) electrons. The van der Waals surface area contributed by atoms with E-state index in [0.29, 0.717) is 13.1 Å². The zero-order chi connectivity index (χ0) is 14.9. The third-order valence-corrected chi connectivity index (χ3v) is 5.67. The molecule has 0 saturated carbocycles. The second kappa shape index (κ2) is 5.78. The van der Waals surface area contributed by atoms with Crippen LogP contribution in [0.1, 0.15) is 24.5 Å². The van der Waals surface area contributed by atoms with E-state index in [1.165, 1.54) is 21.9 Å².